The normalized spacial score (nSPS) is 21.5. The first-order valence-corrected chi connectivity index (χ1v) is 6.84. The molecule has 0 amide bonds. The first-order valence-electron chi connectivity index (χ1n) is 5.96. The van der Waals surface area contributed by atoms with Crippen LogP contribution >= 0.6 is 11.3 Å². The minimum Gasteiger partial charge on any atom is -0.480 e. The molecule has 2 atom stereocenters. The molecule has 0 aromatic carbocycles. The van der Waals surface area contributed by atoms with Crippen LogP contribution in [0.25, 0.3) is 0 Å². The number of nitrogens with one attached hydrogen (secondary N) is 1. The van der Waals surface area contributed by atoms with Crippen LogP contribution in [-0.4, -0.2) is 35.3 Å². The monoisotopic (exact) mass is 271 g/mol. The molecule has 1 aromatic rings. The molecular weight excluding hydrogens is 254 g/mol. The number of carboxylic acid groups (broad SMARTS) is 1. The predicted octanol–water partition coefficient (Wildman–Crippen LogP) is 1.21. The zero-order valence-corrected chi connectivity index (χ0v) is 10.8. The molecule has 100 valence electrons. The quantitative estimate of drug-likeness (QED) is 0.744. The lowest BCUT2D eigenvalue weighted by Gasteiger charge is -2.22. The zero-order chi connectivity index (χ0) is 13.0. The van der Waals surface area contributed by atoms with E-state index in [0.717, 1.165) is 19.4 Å². The molecule has 2 unspecified atom stereocenters. The number of aromatic nitrogens is 1. The summed E-state index contributed by atoms with van der Waals surface area (Å²) in [6, 6.07) is -1.05. The molecule has 1 aromatic heterocycles. The molecule has 0 radical (unpaired) electrons. The van der Waals surface area contributed by atoms with Crippen LogP contribution in [0.15, 0.2) is 5.38 Å². The molecule has 1 aliphatic heterocycles. The van der Waals surface area contributed by atoms with Gasteiger partial charge in [0.25, 0.3) is 0 Å². The fourth-order valence-corrected chi connectivity index (χ4v) is 2.56. The molecule has 2 rings (SSSR count). The van der Waals surface area contributed by atoms with E-state index in [2.05, 4.69) is 10.3 Å². The maximum atomic E-state index is 10.7. The first-order chi connectivity index (χ1) is 8.66. The highest BCUT2D eigenvalue weighted by atomic mass is 32.1. The van der Waals surface area contributed by atoms with Gasteiger partial charge >= 0.3 is 5.97 Å². The van der Waals surface area contributed by atoms with Crippen molar-refractivity contribution < 1.29 is 14.6 Å². The van der Waals surface area contributed by atoms with Crippen molar-refractivity contribution in [1.29, 1.82) is 0 Å². The molecule has 4 N–H and O–H groups in total. The van der Waals surface area contributed by atoms with Crippen molar-refractivity contribution >= 4 is 22.4 Å². The van der Waals surface area contributed by atoms with Crippen LogP contribution in [0.5, 0.6) is 0 Å². The third-order valence-corrected chi connectivity index (χ3v) is 3.68. The minimum absolute atomic E-state index is 0.222. The van der Waals surface area contributed by atoms with E-state index < -0.39 is 12.0 Å². The van der Waals surface area contributed by atoms with Crippen LogP contribution in [0.1, 0.15) is 31.0 Å². The van der Waals surface area contributed by atoms with Crippen molar-refractivity contribution in [2.45, 2.75) is 31.4 Å². The van der Waals surface area contributed by atoms with E-state index >= 15 is 0 Å². The maximum absolute atomic E-state index is 10.7. The average molecular weight is 271 g/mol. The van der Waals surface area contributed by atoms with Gasteiger partial charge in [-0.3, -0.25) is 4.79 Å². The van der Waals surface area contributed by atoms with Gasteiger partial charge in [0.05, 0.1) is 11.8 Å². The van der Waals surface area contributed by atoms with Crippen molar-refractivity contribution in [3.63, 3.8) is 0 Å². The number of carbonyl (C=O) groups is 1. The first kappa shape index (κ1) is 13.3. The summed E-state index contributed by atoms with van der Waals surface area (Å²) in [7, 11) is 0. The van der Waals surface area contributed by atoms with Crippen molar-refractivity contribution in [3.8, 4) is 0 Å². The van der Waals surface area contributed by atoms with E-state index in [-0.39, 0.29) is 6.10 Å². The Morgan fingerprint density at radius 3 is 3.22 bits per heavy atom. The number of anilines is 1. The van der Waals surface area contributed by atoms with Crippen LogP contribution in [0, 0.1) is 0 Å². The summed E-state index contributed by atoms with van der Waals surface area (Å²) >= 11 is 1.36. The molecule has 0 bridgehead atoms. The summed E-state index contributed by atoms with van der Waals surface area (Å²) in [6.07, 6.45) is 3.60. The highest BCUT2D eigenvalue weighted by molar-refractivity contribution is 7.13. The van der Waals surface area contributed by atoms with Crippen molar-refractivity contribution in [3.05, 3.63) is 11.1 Å². The molecular formula is C11H17N3O3S. The van der Waals surface area contributed by atoms with Crippen LogP contribution in [0.2, 0.25) is 0 Å². The van der Waals surface area contributed by atoms with Gasteiger partial charge in [0.1, 0.15) is 6.04 Å². The number of nitrogens with zero attached hydrogens (tertiary/aromatic N) is 1. The maximum Gasteiger partial charge on any atom is 0.326 e. The van der Waals surface area contributed by atoms with Crippen molar-refractivity contribution in [2.24, 2.45) is 5.73 Å². The Hall–Kier alpha value is -1.18. The van der Waals surface area contributed by atoms with E-state index in [9.17, 15) is 4.79 Å². The Labute approximate surface area is 109 Å². The summed E-state index contributed by atoms with van der Waals surface area (Å²) in [5.41, 5.74) is 5.87. The molecule has 2 heterocycles. The van der Waals surface area contributed by atoms with Crippen LogP contribution in [-0.2, 0) is 9.53 Å². The topological polar surface area (TPSA) is 97.5 Å². The van der Waals surface area contributed by atoms with Gasteiger partial charge < -0.3 is 20.9 Å². The predicted molar refractivity (Wildman–Crippen MR) is 68.8 cm³/mol. The van der Waals surface area contributed by atoms with E-state index in [0.29, 0.717) is 17.4 Å². The van der Waals surface area contributed by atoms with Crippen LogP contribution in [0.4, 0.5) is 5.13 Å². The SMILES string of the molecule is NC(C(=O)O)c1csc(NCC2CCCCO2)n1. The second-order valence-electron chi connectivity index (χ2n) is 4.26. The second kappa shape index (κ2) is 6.12. The number of thiazole rings is 1. The van der Waals surface area contributed by atoms with Gasteiger partial charge in [-0.25, -0.2) is 4.98 Å². The minimum atomic E-state index is -1.07. The zero-order valence-electron chi connectivity index (χ0n) is 9.96. The molecule has 1 aliphatic rings. The van der Waals surface area contributed by atoms with E-state index in [1.807, 2.05) is 0 Å². The number of hydrogen-bond acceptors (Lipinski definition) is 6. The highest BCUT2D eigenvalue weighted by Crippen LogP contribution is 2.20. The number of rotatable bonds is 5. The summed E-state index contributed by atoms with van der Waals surface area (Å²) in [5.74, 6) is -1.07. The highest BCUT2D eigenvalue weighted by Gasteiger charge is 2.18. The lowest BCUT2D eigenvalue weighted by Crippen LogP contribution is -2.27. The fraction of sp³-hybridized carbons (Fsp3) is 0.636. The van der Waals surface area contributed by atoms with E-state index in [1.54, 1.807) is 5.38 Å². The summed E-state index contributed by atoms with van der Waals surface area (Å²) in [4.78, 5) is 14.9. The number of ether oxygens (including phenoxy) is 1. The Kier molecular flexibility index (Phi) is 4.51. The van der Waals surface area contributed by atoms with Crippen molar-refractivity contribution in [1.82, 2.24) is 4.98 Å². The average Bonchev–Trinajstić information content (AvgIpc) is 2.85. The molecule has 0 aliphatic carbocycles. The standard InChI is InChI=1S/C11H17N3O3S/c12-9(10(15)16)8-6-18-11(14-8)13-5-7-3-1-2-4-17-7/h6-7,9H,1-5,12H2,(H,13,14)(H,15,16). The van der Waals surface area contributed by atoms with Crippen molar-refractivity contribution in [2.75, 3.05) is 18.5 Å². The second-order valence-corrected chi connectivity index (χ2v) is 5.12. The third-order valence-electron chi connectivity index (χ3n) is 2.86. The van der Waals surface area contributed by atoms with Gasteiger partial charge in [-0.15, -0.1) is 11.3 Å². The number of aliphatic carboxylic acids is 1. The smallest absolute Gasteiger partial charge is 0.326 e. The molecule has 1 fully saturated rings. The Morgan fingerprint density at radius 1 is 1.72 bits per heavy atom. The van der Waals surface area contributed by atoms with Gasteiger partial charge in [-0.05, 0) is 19.3 Å². The lowest BCUT2D eigenvalue weighted by atomic mass is 10.1. The largest absolute Gasteiger partial charge is 0.480 e. The van der Waals surface area contributed by atoms with Crippen LogP contribution in [0.3, 0.4) is 0 Å². The molecule has 0 spiro atoms. The third kappa shape index (κ3) is 3.41. The van der Waals surface area contributed by atoms with Crippen LogP contribution < -0.4 is 11.1 Å². The molecule has 6 nitrogen and oxygen atoms in total. The van der Waals surface area contributed by atoms with Gasteiger partial charge in [0.15, 0.2) is 5.13 Å². The van der Waals surface area contributed by atoms with Gasteiger partial charge in [0.2, 0.25) is 0 Å². The van der Waals surface area contributed by atoms with Gasteiger partial charge in [-0.1, -0.05) is 0 Å². The van der Waals surface area contributed by atoms with Gasteiger partial charge in [-0.2, -0.15) is 0 Å². The Balaban J connectivity index is 1.84. The summed E-state index contributed by atoms with van der Waals surface area (Å²) in [6.45, 7) is 1.52. The number of hydrogen-bond donors (Lipinski definition) is 3. The molecule has 18 heavy (non-hydrogen) atoms. The fourth-order valence-electron chi connectivity index (χ4n) is 1.81. The molecule has 0 saturated carbocycles. The van der Waals surface area contributed by atoms with E-state index in [1.165, 1.54) is 17.8 Å². The summed E-state index contributed by atoms with van der Waals surface area (Å²) in [5, 5.41) is 14.3. The molecule has 7 heteroatoms. The lowest BCUT2D eigenvalue weighted by molar-refractivity contribution is -0.138. The Morgan fingerprint density at radius 2 is 2.56 bits per heavy atom. The Bertz CT molecular complexity index is 404. The van der Waals surface area contributed by atoms with Gasteiger partial charge in [0, 0.05) is 18.5 Å². The summed E-state index contributed by atoms with van der Waals surface area (Å²) < 4.78 is 5.59. The molecule has 1 saturated heterocycles. The number of nitrogens with two attached hydrogens (primary N) is 1. The van der Waals surface area contributed by atoms with E-state index in [4.69, 9.17) is 15.6 Å². The number of carboxylic acids is 1.